The van der Waals surface area contributed by atoms with Gasteiger partial charge in [-0.2, -0.15) is 0 Å². The molecule has 0 aromatic carbocycles. The van der Waals surface area contributed by atoms with Crippen LogP contribution in [-0.2, 0) is 16.9 Å². The van der Waals surface area contributed by atoms with Crippen LogP contribution >= 0.6 is 0 Å². The van der Waals surface area contributed by atoms with E-state index < -0.39 is 5.60 Å². The van der Waals surface area contributed by atoms with Gasteiger partial charge < -0.3 is 9.47 Å². The first-order valence-electron chi connectivity index (χ1n) is 8.67. The van der Waals surface area contributed by atoms with Gasteiger partial charge in [0.1, 0.15) is 17.2 Å². The first-order chi connectivity index (χ1) is 11.7. The summed E-state index contributed by atoms with van der Waals surface area (Å²) in [5.41, 5.74) is 1.67. The molecular weight excluding hydrogens is 302 g/mol. The van der Waals surface area contributed by atoms with Crippen molar-refractivity contribution >= 4 is 0 Å². The molecule has 0 aliphatic carbocycles. The Morgan fingerprint density at radius 1 is 1.17 bits per heavy atom. The van der Waals surface area contributed by atoms with E-state index in [-0.39, 0.29) is 0 Å². The average Bonchev–Trinajstić information content (AvgIpc) is 2.96. The van der Waals surface area contributed by atoms with Crippen LogP contribution in [0.25, 0.3) is 0 Å². The number of aryl methyl sites for hydroxylation is 1. The second kappa shape index (κ2) is 9.98. The zero-order chi connectivity index (χ0) is 18.0. The van der Waals surface area contributed by atoms with Crippen LogP contribution in [-0.4, -0.2) is 21.6 Å². The molecule has 0 bridgehead atoms. The predicted molar refractivity (Wildman–Crippen MR) is 96.0 cm³/mol. The normalized spacial score (nSPS) is 17.8. The lowest BCUT2D eigenvalue weighted by Crippen LogP contribution is -2.25. The number of aromatic nitrogens is 3. The second-order valence-corrected chi connectivity index (χ2v) is 5.09. The summed E-state index contributed by atoms with van der Waals surface area (Å²) < 4.78 is 11.6. The van der Waals surface area contributed by atoms with Crippen molar-refractivity contribution in [2.75, 3.05) is 6.61 Å². The third-order valence-corrected chi connectivity index (χ3v) is 3.53. The second-order valence-electron chi connectivity index (χ2n) is 5.09. The number of pyridine rings is 1. The van der Waals surface area contributed by atoms with Gasteiger partial charge in [-0.05, 0) is 26.0 Å². The van der Waals surface area contributed by atoms with Gasteiger partial charge in [0.05, 0.1) is 18.9 Å². The average molecular weight is 331 g/mol. The summed E-state index contributed by atoms with van der Waals surface area (Å²) in [5, 5.41) is 0. The van der Waals surface area contributed by atoms with Crippen molar-refractivity contribution in [2.24, 2.45) is 0 Å². The lowest BCUT2D eigenvalue weighted by Gasteiger charge is -2.23. The molecule has 2 aromatic heterocycles. The number of rotatable bonds is 4. The lowest BCUT2D eigenvalue weighted by atomic mass is 9.97. The van der Waals surface area contributed by atoms with Crippen LogP contribution < -0.4 is 4.74 Å². The molecule has 5 nitrogen and oxygen atoms in total. The van der Waals surface area contributed by atoms with Gasteiger partial charge in [-0.15, -0.1) is 0 Å². The maximum Gasteiger partial charge on any atom is 0.125 e. The highest BCUT2D eigenvalue weighted by molar-refractivity contribution is 5.27. The molecule has 0 N–H and O–H groups in total. The van der Waals surface area contributed by atoms with Crippen molar-refractivity contribution in [3.05, 3.63) is 47.8 Å². The molecule has 3 heterocycles. The molecule has 0 fully saturated rings. The van der Waals surface area contributed by atoms with Gasteiger partial charge in [0, 0.05) is 30.6 Å². The zero-order valence-corrected chi connectivity index (χ0v) is 15.7. The van der Waals surface area contributed by atoms with Crippen molar-refractivity contribution in [1.29, 1.82) is 0 Å². The number of hydrogen-bond donors (Lipinski definition) is 0. The van der Waals surface area contributed by atoms with Crippen LogP contribution in [0, 0.1) is 6.92 Å². The Bertz CT molecular complexity index is 605. The molecule has 2 aromatic rings. The van der Waals surface area contributed by atoms with Gasteiger partial charge in [-0.25, -0.2) is 9.97 Å². The summed E-state index contributed by atoms with van der Waals surface area (Å²) in [6, 6.07) is 3.69. The summed E-state index contributed by atoms with van der Waals surface area (Å²) in [5.74, 6) is 1.59. The molecule has 0 radical (unpaired) electrons. The van der Waals surface area contributed by atoms with Crippen molar-refractivity contribution < 1.29 is 9.47 Å². The highest BCUT2D eigenvalue weighted by Gasteiger charge is 2.37. The maximum absolute atomic E-state index is 5.91. The van der Waals surface area contributed by atoms with Gasteiger partial charge in [0.15, 0.2) is 0 Å². The van der Waals surface area contributed by atoms with E-state index in [1.54, 1.807) is 12.4 Å². The minimum absolute atomic E-state index is 0.393. The van der Waals surface area contributed by atoms with E-state index in [0.29, 0.717) is 13.2 Å². The summed E-state index contributed by atoms with van der Waals surface area (Å²) in [6.45, 7) is 13.1. The van der Waals surface area contributed by atoms with Crippen LogP contribution in [0.5, 0.6) is 5.75 Å². The van der Waals surface area contributed by atoms with Gasteiger partial charge in [-0.3, -0.25) is 4.98 Å². The van der Waals surface area contributed by atoms with E-state index in [1.165, 1.54) is 0 Å². The zero-order valence-electron chi connectivity index (χ0n) is 15.7. The van der Waals surface area contributed by atoms with Crippen LogP contribution in [0.15, 0.2) is 30.7 Å². The molecular formula is C19H29N3O2. The number of nitrogens with zero attached hydrogens (tertiary/aromatic N) is 3. The Balaban J connectivity index is 0.000000671. The molecule has 0 saturated heterocycles. The summed E-state index contributed by atoms with van der Waals surface area (Å²) >= 11 is 0. The third kappa shape index (κ3) is 4.99. The van der Waals surface area contributed by atoms with E-state index in [9.17, 15) is 0 Å². The fraction of sp³-hybridized carbons (Fsp3) is 0.526. The van der Waals surface area contributed by atoms with Crippen LogP contribution in [0.2, 0.25) is 0 Å². The van der Waals surface area contributed by atoms with Crippen molar-refractivity contribution in [3.63, 3.8) is 0 Å². The van der Waals surface area contributed by atoms with Crippen LogP contribution in [0.3, 0.4) is 0 Å². The van der Waals surface area contributed by atoms with Crippen molar-refractivity contribution in [2.45, 2.75) is 60.2 Å². The molecule has 1 aliphatic rings. The summed E-state index contributed by atoms with van der Waals surface area (Å²) in [6.07, 6.45) is 6.04. The molecule has 5 heteroatoms. The van der Waals surface area contributed by atoms with Crippen molar-refractivity contribution in [1.82, 2.24) is 15.0 Å². The molecule has 1 atom stereocenters. The molecule has 3 rings (SSSR count). The topological polar surface area (TPSA) is 57.1 Å². The number of ether oxygens (including phenoxy) is 2. The van der Waals surface area contributed by atoms with E-state index in [0.717, 1.165) is 29.3 Å². The fourth-order valence-electron chi connectivity index (χ4n) is 2.35. The van der Waals surface area contributed by atoms with E-state index in [4.69, 9.17) is 9.47 Å². The quantitative estimate of drug-likeness (QED) is 0.828. The highest BCUT2D eigenvalue weighted by Crippen LogP contribution is 2.37. The third-order valence-electron chi connectivity index (χ3n) is 3.53. The predicted octanol–water partition coefficient (Wildman–Crippen LogP) is 4.45. The minimum atomic E-state index is -0.393. The molecule has 0 spiro atoms. The summed E-state index contributed by atoms with van der Waals surface area (Å²) in [4.78, 5) is 12.7. The maximum atomic E-state index is 5.91. The molecule has 132 valence electrons. The Hall–Kier alpha value is -2.01. The SMILES string of the molecule is CC.CC.Cc1ncc2c(n1)C(C)(CCOc1ccncc1)OC2. The van der Waals surface area contributed by atoms with Gasteiger partial charge in [-0.1, -0.05) is 27.7 Å². The Morgan fingerprint density at radius 2 is 1.83 bits per heavy atom. The fourth-order valence-corrected chi connectivity index (χ4v) is 2.35. The van der Waals surface area contributed by atoms with Crippen LogP contribution in [0.1, 0.15) is 58.1 Å². The smallest absolute Gasteiger partial charge is 0.125 e. The number of hydrogen-bond acceptors (Lipinski definition) is 5. The standard InChI is InChI=1S/C15H17N3O2.2C2H6/c1-11-17-9-12-10-20-15(2,14(12)18-11)5-8-19-13-3-6-16-7-4-13;2*1-2/h3-4,6-7,9H,5,8,10H2,1-2H3;2*1-2H3. The van der Waals surface area contributed by atoms with Gasteiger partial charge in [0.2, 0.25) is 0 Å². The molecule has 24 heavy (non-hydrogen) atoms. The first kappa shape index (κ1) is 20.0. The molecule has 1 aliphatic heterocycles. The minimum Gasteiger partial charge on any atom is -0.493 e. The monoisotopic (exact) mass is 331 g/mol. The first-order valence-corrected chi connectivity index (χ1v) is 8.67. The molecule has 0 amide bonds. The molecule has 0 saturated carbocycles. The van der Waals surface area contributed by atoms with Gasteiger partial charge >= 0.3 is 0 Å². The lowest BCUT2D eigenvalue weighted by molar-refractivity contribution is -0.0392. The van der Waals surface area contributed by atoms with E-state index in [2.05, 4.69) is 21.9 Å². The van der Waals surface area contributed by atoms with Gasteiger partial charge in [0.25, 0.3) is 0 Å². The Morgan fingerprint density at radius 3 is 2.50 bits per heavy atom. The largest absolute Gasteiger partial charge is 0.493 e. The van der Waals surface area contributed by atoms with E-state index in [1.807, 2.05) is 52.9 Å². The highest BCUT2D eigenvalue weighted by atomic mass is 16.5. The summed E-state index contributed by atoms with van der Waals surface area (Å²) in [7, 11) is 0. The van der Waals surface area contributed by atoms with Crippen LogP contribution in [0.4, 0.5) is 0 Å². The Kier molecular flexibility index (Phi) is 8.33. The number of fused-ring (bicyclic) bond motifs is 1. The Labute approximate surface area is 145 Å². The van der Waals surface area contributed by atoms with Crippen molar-refractivity contribution in [3.8, 4) is 5.75 Å². The molecule has 1 unspecified atom stereocenters. The van der Waals surface area contributed by atoms with E-state index >= 15 is 0 Å².